The third-order valence-electron chi connectivity index (χ3n) is 9.46. The van der Waals surface area contributed by atoms with E-state index in [-0.39, 0.29) is 17.4 Å². The number of β-lactam (4-membered cyclic amide) rings is 1. The van der Waals surface area contributed by atoms with Crippen molar-refractivity contribution in [1.82, 2.24) is 15.1 Å². The first-order chi connectivity index (χ1) is 26.4. The van der Waals surface area contributed by atoms with E-state index in [4.69, 9.17) is 9.47 Å². The number of ether oxygens (including phenoxy) is 2. The zero-order valence-corrected chi connectivity index (χ0v) is 31.7. The van der Waals surface area contributed by atoms with Crippen LogP contribution in [-0.2, 0) is 36.9 Å². The lowest BCUT2D eigenvalue weighted by molar-refractivity contribution is -0.688. The fourth-order valence-corrected chi connectivity index (χ4v) is 8.18. The molecule has 3 aromatic carbocycles. The van der Waals surface area contributed by atoms with Gasteiger partial charge in [0.25, 0.3) is 5.91 Å². The van der Waals surface area contributed by atoms with Crippen molar-refractivity contribution < 1.29 is 38.3 Å². The van der Waals surface area contributed by atoms with E-state index in [2.05, 4.69) is 5.32 Å². The Bertz CT molecular complexity index is 2110. The van der Waals surface area contributed by atoms with Crippen LogP contribution in [0, 0.1) is 0 Å². The number of phenolic OH excluding ortho intramolecular Hbond substituents is 1. The maximum Gasteiger partial charge on any atom is 0.408 e. The molecular formula is C43H43N4O7S+. The SMILES string of the molecule is CC(C)(C)OC(=O)N[C@@H]1C(=O)N2C(C(=O)OC(c3ccccc3)c3ccccc3)=C(/C=C3\CCN(Cc4cc[n+](Cc5cccc(O)c5)cc4)C3=O)CS[C@H]12. The summed E-state index contributed by atoms with van der Waals surface area (Å²) in [5, 5.41) is 11.9. The Morgan fingerprint density at radius 3 is 2.25 bits per heavy atom. The molecule has 2 atom stereocenters. The molecule has 0 saturated carbocycles. The third kappa shape index (κ3) is 8.60. The van der Waals surface area contributed by atoms with Gasteiger partial charge in [0.05, 0.1) is 0 Å². The summed E-state index contributed by atoms with van der Waals surface area (Å²) in [6.45, 7) is 6.73. The average molecular weight is 760 g/mol. The molecule has 4 aromatic rings. The lowest BCUT2D eigenvalue weighted by atomic mass is 10.00. The van der Waals surface area contributed by atoms with Crippen molar-refractivity contribution in [2.45, 2.75) is 63.4 Å². The van der Waals surface area contributed by atoms with E-state index >= 15 is 0 Å². The molecule has 2 saturated heterocycles. The highest BCUT2D eigenvalue weighted by atomic mass is 32.2. The number of allylic oxidation sites excluding steroid dienone is 1. The molecule has 1 aromatic heterocycles. The van der Waals surface area contributed by atoms with Gasteiger partial charge in [-0.25, -0.2) is 14.2 Å². The third-order valence-corrected chi connectivity index (χ3v) is 10.8. The molecule has 0 aliphatic carbocycles. The van der Waals surface area contributed by atoms with Gasteiger partial charge < -0.3 is 24.8 Å². The van der Waals surface area contributed by atoms with Crippen molar-refractivity contribution in [2.24, 2.45) is 0 Å². The number of hydrogen-bond acceptors (Lipinski definition) is 8. The number of amides is 3. The molecule has 0 spiro atoms. The number of aromatic nitrogens is 1. The molecule has 0 radical (unpaired) electrons. The van der Waals surface area contributed by atoms with Crippen LogP contribution in [0.3, 0.4) is 0 Å². The maximum absolute atomic E-state index is 14.4. The molecule has 11 nitrogen and oxygen atoms in total. The number of esters is 1. The highest BCUT2D eigenvalue weighted by Crippen LogP contribution is 2.43. The smallest absolute Gasteiger partial charge is 0.408 e. The van der Waals surface area contributed by atoms with E-state index in [0.717, 1.165) is 22.3 Å². The number of fused-ring (bicyclic) bond motifs is 1. The summed E-state index contributed by atoms with van der Waals surface area (Å²) < 4.78 is 13.7. The monoisotopic (exact) mass is 759 g/mol. The zero-order chi connectivity index (χ0) is 38.7. The number of pyridine rings is 1. The first-order valence-electron chi connectivity index (χ1n) is 18.2. The zero-order valence-electron chi connectivity index (χ0n) is 30.9. The van der Waals surface area contributed by atoms with Crippen LogP contribution < -0.4 is 9.88 Å². The van der Waals surface area contributed by atoms with Gasteiger partial charge in [-0.1, -0.05) is 72.8 Å². The van der Waals surface area contributed by atoms with Crippen molar-refractivity contribution in [3.05, 3.63) is 155 Å². The van der Waals surface area contributed by atoms with Crippen LogP contribution >= 0.6 is 11.8 Å². The molecule has 7 rings (SSSR count). The van der Waals surface area contributed by atoms with E-state index in [9.17, 15) is 24.3 Å². The number of likely N-dealkylation sites (tertiary alicyclic amines) is 1. The van der Waals surface area contributed by atoms with Gasteiger partial charge >= 0.3 is 12.1 Å². The van der Waals surface area contributed by atoms with Gasteiger partial charge in [0.1, 0.15) is 28.5 Å². The summed E-state index contributed by atoms with van der Waals surface area (Å²) >= 11 is 1.40. The molecular weight excluding hydrogens is 717 g/mol. The van der Waals surface area contributed by atoms with Gasteiger partial charge in [0.2, 0.25) is 5.91 Å². The first-order valence-corrected chi connectivity index (χ1v) is 19.2. The van der Waals surface area contributed by atoms with Crippen LogP contribution in [0.15, 0.2) is 132 Å². The van der Waals surface area contributed by atoms with Gasteiger partial charge in [-0.3, -0.25) is 14.5 Å². The molecule has 3 amide bonds. The second-order valence-electron chi connectivity index (χ2n) is 14.7. The molecule has 282 valence electrons. The summed E-state index contributed by atoms with van der Waals surface area (Å²) in [5.74, 6) is -0.788. The molecule has 55 heavy (non-hydrogen) atoms. The van der Waals surface area contributed by atoms with Crippen LogP contribution in [-0.4, -0.2) is 68.1 Å². The number of phenols is 1. The van der Waals surface area contributed by atoms with Crippen molar-refractivity contribution in [1.29, 1.82) is 0 Å². The Morgan fingerprint density at radius 1 is 0.945 bits per heavy atom. The Morgan fingerprint density at radius 2 is 1.62 bits per heavy atom. The lowest BCUT2D eigenvalue weighted by Gasteiger charge is -2.49. The highest BCUT2D eigenvalue weighted by molar-refractivity contribution is 8.00. The van der Waals surface area contributed by atoms with Crippen molar-refractivity contribution >= 4 is 35.6 Å². The summed E-state index contributed by atoms with van der Waals surface area (Å²) in [6.07, 6.45) is 4.62. The van der Waals surface area contributed by atoms with Gasteiger partial charge in [0.15, 0.2) is 25.0 Å². The molecule has 3 aliphatic heterocycles. The fourth-order valence-electron chi connectivity index (χ4n) is 6.87. The number of carbonyl (C=O) groups is 4. The second-order valence-corrected chi connectivity index (χ2v) is 15.8. The number of nitrogens with zero attached hydrogens (tertiary/aromatic N) is 3. The minimum Gasteiger partial charge on any atom is -0.508 e. The molecule has 12 heteroatoms. The van der Waals surface area contributed by atoms with Crippen LogP contribution in [0.5, 0.6) is 5.75 Å². The number of aromatic hydroxyl groups is 1. The van der Waals surface area contributed by atoms with E-state index in [1.807, 2.05) is 102 Å². The number of hydrogen-bond donors (Lipinski definition) is 2. The maximum atomic E-state index is 14.4. The van der Waals surface area contributed by atoms with Crippen LogP contribution in [0.2, 0.25) is 0 Å². The van der Waals surface area contributed by atoms with Crippen molar-refractivity contribution in [2.75, 3.05) is 12.3 Å². The van der Waals surface area contributed by atoms with Gasteiger partial charge in [0, 0.05) is 42.1 Å². The number of thioether (sulfide) groups is 1. The van der Waals surface area contributed by atoms with E-state index in [1.165, 1.54) is 16.7 Å². The summed E-state index contributed by atoms with van der Waals surface area (Å²) in [7, 11) is 0. The topological polar surface area (TPSA) is 129 Å². The standard InChI is InChI=1S/C43H42N4O7S/c1-43(2,3)54-42(52)44-35-39(50)47-36(41(51)53-37(30-12-6-4-7-13-30)31-14-8-5-9-15-31)33(27-55-40(35)47)24-32-19-22-46(38(32)49)26-28-17-20-45(21-18-28)25-29-11-10-16-34(48)23-29/h4-18,20-21,23-24,35,37,40H,19,22,25-27H2,1-3H3,(H-,44,48,52)/p+1/b32-24+/t35-,40-/m1/s1. The number of alkyl carbamates (subject to hydrolysis) is 1. The van der Waals surface area contributed by atoms with E-state index in [1.54, 1.807) is 43.9 Å². The molecule has 3 aliphatic rings. The predicted octanol–water partition coefficient (Wildman–Crippen LogP) is 5.78. The summed E-state index contributed by atoms with van der Waals surface area (Å²) in [6, 6.07) is 28.9. The fraction of sp³-hybridized carbons (Fsp3) is 0.279. The normalized spacial score (nSPS) is 19.0. The number of nitrogens with one attached hydrogen (secondary N) is 1. The highest BCUT2D eigenvalue weighted by Gasteiger charge is 2.55. The van der Waals surface area contributed by atoms with Crippen molar-refractivity contribution in [3.63, 3.8) is 0 Å². The predicted molar refractivity (Wildman–Crippen MR) is 206 cm³/mol. The Kier molecular flexibility index (Phi) is 10.8. The quantitative estimate of drug-likeness (QED) is 0.0902. The van der Waals surface area contributed by atoms with E-state index < -0.39 is 41.1 Å². The van der Waals surface area contributed by atoms with Crippen molar-refractivity contribution in [3.8, 4) is 5.75 Å². The Labute approximate surface area is 324 Å². The Balaban J connectivity index is 1.14. The van der Waals surface area contributed by atoms with E-state index in [0.29, 0.717) is 43.0 Å². The number of benzene rings is 3. The molecule has 0 bridgehead atoms. The summed E-state index contributed by atoms with van der Waals surface area (Å²) in [4.78, 5) is 57.8. The van der Waals surface area contributed by atoms with Crippen LogP contribution in [0.1, 0.15) is 55.5 Å². The minimum atomic E-state index is -0.899. The number of rotatable bonds is 10. The lowest BCUT2D eigenvalue weighted by Crippen LogP contribution is -2.70. The Hall–Kier alpha value is -5.88. The second kappa shape index (κ2) is 15.8. The average Bonchev–Trinajstić information content (AvgIpc) is 3.50. The van der Waals surface area contributed by atoms with Crippen LogP contribution in [0.25, 0.3) is 0 Å². The molecule has 2 fully saturated rings. The summed E-state index contributed by atoms with van der Waals surface area (Å²) in [5.41, 5.74) is 3.80. The molecule has 0 unspecified atom stereocenters. The molecule has 4 heterocycles. The largest absolute Gasteiger partial charge is 0.508 e. The minimum absolute atomic E-state index is 0.0611. The number of carbonyl (C=O) groups excluding carboxylic acids is 4. The van der Waals surface area contributed by atoms with Crippen LogP contribution in [0.4, 0.5) is 4.79 Å². The van der Waals surface area contributed by atoms with Gasteiger partial charge in [-0.15, -0.1) is 11.8 Å². The van der Waals surface area contributed by atoms with Gasteiger partial charge in [-0.05, 0) is 67.7 Å². The molecule has 2 N–H and O–H groups in total. The van der Waals surface area contributed by atoms with Gasteiger partial charge in [-0.2, -0.15) is 0 Å². The first kappa shape index (κ1) is 37.4.